The lowest BCUT2D eigenvalue weighted by atomic mass is 10.2. The first-order valence-electron chi connectivity index (χ1n) is 4.69. The number of aromatic carboxylic acids is 1. The molecule has 0 unspecified atom stereocenters. The molecule has 0 heterocycles. The molecule has 0 aliphatic carbocycles. The molecule has 0 aliphatic rings. The van der Waals surface area contributed by atoms with E-state index in [-0.39, 0.29) is 0 Å². The third-order valence-corrected chi connectivity index (χ3v) is 1.62. The SMILES string of the molecule is CC.CC.O=C(O)c1ccc(Br)cc1. The van der Waals surface area contributed by atoms with E-state index in [1.54, 1.807) is 24.3 Å². The van der Waals surface area contributed by atoms with E-state index < -0.39 is 5.97 Å². The minimum atomic E-state index is -0.896. The van der Waals surface area contributed by atoms with E-state index in [9.17, 15) is 4.79 Å². The van der Waals surface area contributed by atoms with E-state index in [4.69, 9.17) is 5.11 Å². The number of hydrogen-bond acceptors (Lipinski definition) is 1. The fourth-order valence-corrected chi connectivity index (χ4v) is 0.857. The molecule has 0 aliphatic heterocycles. The highest BCUT2D eigenvalue weighted by molar-refractivity contribution is 9.10. The molecule has 0 amide bonds. The first-order valence-corrected chi connectivity index (χ1v) is 5.48. The zero-order valence-electron chi connectivity index (χ0n) is 9.04. The minimum Gasteiger partial charge on any atom is -0.478 e. The van der Waals surface area contributed by atoms with E-state index in [1.165, 1.54) is 0 Å². The van der Waals surface area contributed by atoms with E-state index in [0.717, 1.165) is 4.47 Å². The fourth-order valence-electron chi connectivity index (χ4n) is 0.592. The average Bonchev–Trinajstić information content (AvgIpc) is 2.24. The van der Waals surface area contributed by atoms with Crippen molar-refractivity contribution < 1.29 is 9.90 Å². The lowest BCUT2D eigenvalue weighted by Crippen LogP contribution is -1.94. The largest absolute Gasteiger partial charge is 0.478 e. The number of halogens is 1. The third-order valence-electron chi connectivity index (χ3n) is 1.09. The molecule has 1 rings (SSSR count). The van der Waals surface area contributed by atoms with Crippen molar-refractivity contribution in [2.45, 2.75) is 27.7 Å². The topological polar surface area (TPSA) is 37.3 Å². The third kappa shape index (κ3) is 6.66. The van der Waals surface area contributed by atoms with E-state index in [0.29, 0.717) is 5.56 Å². The molecule has 1 aromatic carbocycles. The number of benzene rings is 1. The maximum atomic E-state index is 10.3. The van der Waals surface area contributed by atoms with Gasteiger partial charge in [0.15, 0.2) is 0 Å². The van der Waals surface area contributed by atoms with Gasteiger partial charge >= 0.3 is 5.97 Å². The summed E-state index contributed by atoms with van der Waals surface area (Å²) in [4.78, 5) is 10.3. The highest BCUT2D eigenvalue weighted by Crippen LogP contribution is 2.09. The van der Waals surface area contributed by atoms with Crippen molar-refractivity contribution in [1.82, 2.24) is 0 Å². The van der Waals surface area contributed by atoms with E-state index >= 15 is 0 Å². The van der Waals surface area contributed by atoms with Gasteiger partial charge in [0.2, 0.25) is 0 Å². The van der Waals surface area contributed by atoms with Crippen LogP contribution in [0.5, 0.6) is 0 Å². The van der Waals surface area contributed by atoms with Gasteiger partial charge in [0.25, 0.3) is 0 Å². The van der Waals surface area contributed by atoms with Crippen LogP contribution in [0, 0.1) is 0 Å². The summed E-state index contributed by atoms with van der Waals surface area (Å²) in [5.74, 6) is -0.896. The van der Waals surface area contributed by atoms with Crippen molar-refractivity contribution >= 4 is 21.9 Å². The van der Waals surface area contributed by atoms with Crippen molar-refractivity contribution in [3.8, 4) is 0 Å². The molecule has 0 atom stereocenters. The minimum absolute atomic E-state index is 0.309. The first kappa shape index (κ1) is 15.6. The predicted octanol–water partition coefficient (Wildman–Crippen LogP) is 4.20. The summed E-state index contributed by atoms with van der Waals surface area (Å²) in [5.41, 5.74) is 0.309. The molecule has 2 nitrogen and oxygen atoms in total. The Balaban J connectivity index is 0. The molecule has 0 spiro atoms. The van der Waals surface area contributed by atoms with Gasteiger partial charge in [-0.05, 0) is 24.3 Å². The summed E-state index contributed by atoms with van der Waals surface area (Å²) in [6.45, 7) is 8.00. The van der Waals surface area contributed by atoms with Crippen molar-refractivity contribution in [2.24, 2.45) is 0 Å². The lowest BCUT2D eigenvalue weighted by Gasteiger charge is -1.91. The highest BCUT2D eigenvalue weighted by Gasteiger charge is 1.98. The normalized spacial score (nSPS) is 7.50. The number of rotatable bonds is 1. The summed E-state index contributed by atoms with van der Waals surface area (Å²) in [6.07, 6.45) is 0. The molecule has 1 aromatic rings. The molecule has 3 heteroatoms. The molecule has 0 bridgehead atoms. The summed E-state index contributed by atoms with van der Waals surface area (Å²) in [7, 11) is 0. The molecule has 0 fully saturated rings. The van der Waals surface area contributed by atoms with E-state index in [1.807, 2.05) is 27.7 Å². The van der Waals surface area contributed by atoms with Crippen molar-refractivity contribution in [2.75, 3.05) is 0 Å². The Morgan fingerprint density at radius 2 is 1.43 bits per heavy atom. The maximum Gasteiger partial charge on any atom is 0.335 e. The molecule has 0 saturated carbocycles. The van der Waals surface area contributed by atoms with Crippen LogP contribution < -0.4 is 0 Å². The van der Waals surface area contributed by atoms with Gasteiger partial charge in [-0.15, -0.1) is 0 Å². The maximum absolute atomic E-state index is 10.3. The number of carbonyl (C=O) groups is 1. The second-order valence-electron chi connectivity index (χ2n) is 1.81. The number of carboxylic acid groups (broad SMARTS) is 1. The Kier molecular flexibility index (Phi) is 11.4. The van der Waals surface area contributed by atoms with Gasteiger partial charge in [-0.1, -0.05) is 43.6 Å². The standard InChI is InChI=1S/C7H5BrO2.2C2H6/c8-6-3-1-5(2-4-6)7(9)10;2*1-2/h1-4H,(H,9,10);2*1-2H3. The summed E-state index contributed by atoms with van der Waals surface area (Å²) >= 11 is 3.20. The van der Waals surface area contributed by atoms with Gasteiger partial charge in [-0.2, -0.15) is 0 Å². The molecule has 14 heavy (non-hydrogen) atoms. The van der Waals surface area contributed by atoms with Crippen molar-refractivity contribution in [3.05, 3.63) is 34.3 Å². The summed E-state index contributed by atoms with van der Waals surface area (Å²) < 4.78 is 0.887. The average molecular weight is 261 g/mol. The van der Waals surface area contributed by atoms with Crippen molar-refractivity contribution in [3.63, 3.8) is 0 Å². The molecule has 80 valence electrons. The van der Waals surface area contributed by atoms with Gasteiger partial charge in [-0.25, -0.2) is 4.79 Å². The van der Waals surface area contributed by atoms with Gasteiger partial charge in [0.05, 0.1) is 5.56 Å². The Labute approximate surface area is 94.1 Å². The Morgan fingerprint density at radius 1 is 1.07 bits per heavy atom. The number of hydrogen-bond donors (Lipinski definition) is 1. The van der Waals surface area contributed by atoms with Crippen LogP contribution in [0.3, 0.4) is 0 Å². The Bertz CT molecular complexity index is 242. The molecule has 0 aromatic heterocycles. The van der Waals surface area contributed by atoms with Crippen LogP contribution in [-0.4, -0.2) is 11.1 Å². The van der Waals surface area contributed by atoms with Crippen LogP contribution >= 0.6 is 15.9 Å². The van der Waals surface area contributed by atoms with Gasteiger partial charge < -0.3 is 5.11 Å². The molecular formula is C11H17BrO2. The second-order valence-corrected chi connectivity index (χ2v) is 2.73. The molecule has 0 radical (unpaired) electrons. The molecular weight excluding hydrogens is 244 g/mol. The zero-order chi connectivity index (χ0) is 11.6. The second kappa shape index (κ2) is 10.3. The van der Waals surface area contributed by atoms with Crippen LogP contribution in [0.1, 0.15) is 38.1 Å². The lowest BCUT2D eigenvalue weighted by molar-refractivity contribution is 0.0697. The fraction of sp³-hybridized carbons (Fsp3) is 0.364. The molecule has 1 N–H and O–H groups in total. The predicted molar refractivity (Wildman–Crippen MR) is 63.8 cm³/mol. The zero-order valence-corrected chi connectivity index (χ0v) is 10.6. The monoisotopic (exact) mass is 260 g/mol. The smallest absolute Gasteiger partial charge is 0.335 e. The van der Waals surface area contributed by atoms with Gasteiger partial charge in [0.1, 0.15) is 0 Å². The quantitative estimate of drug-likeness (QED) is 0.822. The van der Waals surface area contributed by atoms with Crippen LogP contribution in [0.4, 0.5) is 0 Å². The van der Waals surface area contributed by atoms with Crippen LogP contribution in [0.25, 0.3) is 0 Å². The number of carboxylic acids is 1. The van der Waals surface area contributed by atoms with E-state index in [2.05, 4.69) is 15.9 Å². The first-order chi connectivity index (χ1) is 6.70. The Hall–Kier alpha value is -0.830. The van der Waals surface area contributed by atoms with Gasteiger partial charge in [0, 0.05) is 4.47 Å². The summed E-state index contributed by atoms with van der Waals surface area (Å²) in [5, 5.41) is 8.46. The summed E-state index contributed by atoms with van der Waals surface area (Å²) in [6, 6.07) is 6.49. The van der Waals surface area contributed by atoms with Crippen LogP contribution in [-0.2, 0) is 0 Å². The van der Waals surface area contributed by atoms with Crippen LogP contribution in [0.2, 0.25) is 0 Å². The van der Waals surface area contributed by atoms with Crippen molar-refractivity contribution in [1.29, 1.82) is 0 Å². The van der Waals surface area contributed by atoms with Gasteiger partial charge in [-0.3, -0.25) is 0 Å². The highest BCUT2D eigenvalue weighted by atomic mass is 79.9. The molecule has 0 saturated heterocycles. The van der Waals surface area contributed by atoms with Crippen LogP contribution in [0.15, 0.2) is 28.7 Å². The Morgan fingerprint density at radius 3 is 1.71 bits per heavy atom.